The predicted molar refractivity (Wildman–Crippen MR) is 105 cm³/mol. The summed E-state index contributed by atoms with van der Waals surface area (Å²) in [7, 11) is 1.49. The molecular weight excluding hydrogens is 422 g/mol. The Morgan fingerprint density at radius 2 is 2.12 bits per heavy atom. The summed E-state index contributed by atoms with van der Waals surface area (Å²) in [4.78, 5) is 29.2. The third kappa shape index (κ3) is 3.73. The fraction of sp³-hybridized carbons (Fsp3) is 0.167. The molecule has 1 amide bonds. The number of benzene rings is 2. The number of methoxy groups -OCH3 is 1. The largest absolute Gasteiger partial charge is 0.495 e. The summed E-state index contributed by atoms with van der Waals surface area (Å²) in [6, 6.07) is 8.59. The number of hydrogen-bond donors (Lipinski definition) is 1. The van der Waals surface area contributed by atoms with E-state index < -0.39 is 0 Å². The molecule has 1 aromatic heterocycles. The van der Waals surface area contributed by atoms with Crippen molar-refractivity contribution in [2.75, 3.05) is 12.4 Å². The van der Waals surface area contributed by atoms with Crippen molar-refractivity contribution in [2.24, 2.45) is 0 Å². The molecule has 0 aliphatic carbocycles. The molecule has 0 bridgehead atoms. The zero-order chi connectivity index (χ0) is 18.8. The Bertz CT molecular complexity index is 1070. The van der Waals surface area contributed by atoms with Gasteiger partial charge >= 0.3 is 0 Å². The molecule has 0 aliphatic heterocycles. The molecule has 0 spiro atoms. The van der Waals surface area contributed by atoms with Crippen molar-refractivity contribution in [3.05, 3.63) is 62.1 Å². The molecular formula is C18H15BrClN3O3. The van der Waals surface area contributed by atoms with E-state index in [4.69, 9.17) is 16.3 Å². The minimum absolute atomic E-state index is 0.168. The molecule has 0 saturated heterocycles. The lowest BCUT2D eigenvalue weighted by Crippen LogP contribution is -2.28. The second-order valence-corrected chi connectivity index (χ2v) is 7.01. The maximum Gasteiger partial charge on any atom is 0.261 e. The van der Waals surface area contributed by atoms with Gasteiger partial charge < -0.3 is 10.1 Å². The van der Waals surface area contributed by atoms with Crippen molar-refractivity contribution in [2.45, 2.75) is 13.5 Å². The summed E-state index contributed by atoms with van der Waals surface area (Å²) in [5, 5.41) is 3.73. The molecule has 1 heterocycles. The van der Waals surface area contributed by atoms with Gasteiger partial charge in [-0.25, -0.2) is 4.98 Å². The first-order valence-corrected chi connectivity index (χ1v) is 8.85. The molecule has 1 N–H and O–H groups in total. The lowest BCUT2D eigenvalue weighted by Gasteiger charge is -2.13. The van der Waals surface area contributed by atoms with Crippen LogP contribution in [0.25, 0.3) is 10.9 Å². The molecule has 3 aromatic rings. The fourth-order valence-corrected chi connectivity index (χ4v) is 3.03. The quantitative estimate of drug-likeness (QED) is 0.676. The van der Waals surface area contributed by atoms with Gasteiger partial charge in [-0.05, 0) is 36.8 Å². The average Bonchev–Trinajstić information content (AvgIpc) is 2.61. The van der Waals surface area contributed by atoms with Crippen LogP contribution in [-0.2, 0) is 11.3 Å². The van der Waals surface area contributed by atoms with Gasteiger partial charge in [0.05, 0.1) is 30.0 Å². The normalized spacial score (nSPS) is 10.8. The van der Waals surface area contributed by atoms with Crippen molar-refractivity contribution in [3.63, 3.8) is 0 Å². The lowest BCUT2D eigenvalue weighted by atomic mass is 10.2. The van der Waals surface area contributed by atoms with E-state index in [2.05, 4.69) is 26.2 Å². The van der Waals surface area contributed by atoms with Crippen LogP contribution < -0.4 is 15.6 Å². The van der Waals surface area contributed by atoms with E-state index in [-0.39, 0.29) is 18.0 Å². The number of carbonyl (C=O) groups excluding carboxylic acids is 1. The molecule has 26 heavy (non-hydrogen) atoms. The Morgan fingerprint density at radius 1 is 1.35 bits per heavy atom. The summed E-state index contributed by atoms with van der Waals surface area (Å²) in [6.07, 6.45) is 1.36. The third-order valence-corrected chi connectivity index (χ3v) is 4.76. The fourth-order valence-electron chi connectivity index (χ4n) is 2.52. The highest BCUT2D eigenvalue weighted by Crippen LogP contribution is 2.30. The number of aromatic nitrogens is 2. The van der Waals surface area contributed by atoms with E-state index in [1.807, 2.05) is 6.92 Å². The van der Waals surface area contributed by atoms with E-state index in [9.17, 15) is 9.59 Å². The number of halogens is 2. The number of anilines is 1. The summed E-state index contributed by atoms with van der Waals surface area (Å²) in [5.74, 6) is 0.0742. The minimum Gasteiger partial charge on any atom is -0.495 e. The second-order valence-electron chi connectivity index (χ2n) is 5.69. The highest BCUT2D eigenvalue weighted by molar-refractivity contribution is 9.10. The van der Waals surface area contributed by atoms with Crippen molar-refractivity contribution >= 4 is 50.0 Å². The number of hydrogen-bond acceptors (Lipinski definition) is 4. The Labute approximate surface area is 162 Å². The smallest absolute Gasteiger partial charge is 0.261 e. The van der Waals surface area contributed by atoms with Gasteiger partial charge in [-0.2, -0.15) is 0 Å². The van der Waals surface area contributed by atoms with Crippen LogP contribution in [-0.4, -0.2) is 22.6 Å². The Balaban J connectivity index is 1.87. The predicted octanol–water partition coefficient (Wildman–Crippen LogP) is 3.77. The number of rotatable bonds is 4. The SMILES string of the molecule is COc1cc(Cl)c(C)cc1NC(=O)Cn1cnc2ccc(Br)cc2c1=O. The van der Waals surface area contributed by atoms with E-state index in [0.29, 0.717) is 27.4 Å². The van der Waals surface area contributed by atoms with Gasteiger partial charge in [-0.1, -0.05) is 27.5 Å². The van der Waals surface area contributed by atoms with Crippen molar-refractivity contribution < 1.29 is 9.53 Å². The first-order chi connectivity index (χ1) is 12.4. The number of aryl methyl sites for hydroxylation is 1. The van der Waals surface area contributed by atoms with E-state index in [0.717, 1.165) is 10.0 Å². The molecule has 0 atom stereocenters. The first-order valence-electron chi connectivity index (χ1n) is 7.67. The van der Waals surface area contributed by atoms with E-state index in [1.54, 1.807) is 30.3 Å². The topological polar surface area (TPSA) is 73.2 Å². The van der Waals surface area contributed by atoms with Gasteiger partial charge in [0, 0.05) is 15.6 Å². The molecule has 0 fully saturated rings. The number of amides is 1. The molecule has 134 valence electrons. The molecule has 0 radical (unpaired) electrons. The molecule has 3 rings (SSSR count). The Morgan fingerprint density at radius 3 is 2.85 bits per heavy atom. The van der Waals surface area contributed by atoms with Gasteiger partial charge in [0.2, 0.25) is 5.91 Å². The number of nitrogens with one attached hydrogen (secondary N) is 1. The summed E-state index contributed by atoms with van der Waals surface area (Å²) in [6.45, 7) is 1.66. The highest BCUT2D eigenvalue weighted by Gasteiger charge is 2.13. The van der Waals surface area contributed by atoms with Crippen LogP contribution in [0.3, 0.4) is 0 Å². The number of fused-ring (bicyclic) bond motifs is 1. The zero-order valence-corrected chi connectivity index (χ0v) is 16.4. The van der Waals surface area contributed by atoms with Gasteiger partial charge in [0.15, 0.2) is 0 Å². The summed E-state index contributed by atoms with van der Waals surface area (Å²) in [5.41, 5.74) is 1.58. The van der Waals surface area contributed by atoms with Crippen LogP contribution in [0.1, 0.15) is 5.56 Å². The monoisotopic (exact) mass is 435 g/mol. The molecule has 0 unspecified atom stereocenters. The molecule has 8 heteroatoms. The van der Waals surface area contributed by atoms with E-state index >= 15 is 0 Å². The maximum atomic E-state index is 12.6. The van der Waals surface area contributed by atoms with Crippen LogP contribution in [0.5, 0.6) is 5.75 Å². The Hall–Kier alpha value is -2.38. The summed E-state index contributed by atoms with van der Waals surface area (Å²) < 4.78 is 7.28. The standard InChI is InChI=1S/C18H15BrClN3O3/c1-10-5-15(16(26-2)7-13(10)20)22-17(24)8-23-9-21-14-4-3-11(19)6-12(14)18(23)25/h3-7,9H,8H2,1-2H3,(H,22,24). The van der Waals surface area contributed by atoms with E-state index in [1.165, 1.54) is 18.0 Å². The lowest BCUT2D eigenvalue weighted by molar-refractivity contribution is -0.116. The van der Waals surface area contributed by atoms with Crippen LogP contribution in [0, 0.1) is 6.92 Å². The van der Waals surface area contributed by atoms with Gasteiger partial charge in [0.25, 0.3) is 5.56 Å². The minimum atomic E-state index is -0.372. The molecule has 0 saturated carbocycles. The van der Waals surface area contributed by atoms with Crippen molar-refractivity contribution in [1.29, 1.82) is 0 Å². The van der Waals surface area contributed by atoms with Crippen LogP contribution in [0.2, 0.25) is 5.02 Å². The number of carbonyl (C=O) groups is 1. The van der Waals surface area contributed by atoms with Crippen molar-refractivity contribution in [1.82, 2.24) is 9.55 Å². The van der Waals surface area contributed by atoms with Crippen LogP contribution >= 0.6 is 27.5 Å². The van der Waals surface area contributed by atoms with Crippen molar-refractivity contribution in [3.8, 4) is 5.75 Å². The van der Waals surface area contributed by atoms with Gasteiger partial charge in [-0.15, -0.1) is 0 Å². The van der Waals surface area contributed by atoms with Gasteiger partial charge in [0.1, 0.15) is 12.3 Å². The number of ether oxygens (including phenoxy) is 1. The zero-order valence-electron chi connectivity index (χ0n) is 14.0. The Kier molecular flexibility index (Phi) is 5.29. The maximum absolute atomic E-state index is 12.6. The molecule has 0 aliphatic rings. The second kappa shape index (κ2) is 7.47. The highest BCUT2D eigenvalue weighted by atomic mass is 79.9. The third-order valence-electron chi connectivity index (χ3n) is 3.85. The average molecular weight is 437 g/mol. The molecule has 6 nitrogen and oxygen atoms in total. The van der Waals surface area contributed by atoms with Gasteiger partial charge in [-0.3, -0.25) is 14.2 Å². The molecule has 2 aromatic carbocycles. The van der Waals surface area contributed by atoms with Crippen LogP contribution in [0.4, 0.5) is 5.69 Å². The first kappa shape index (κ1) is 18.4. The summed E-state index contributed by atoms with van der Waals surface area (Å²) >= 11 is 9.40. The number of nitrogens with zero attached hydrogens (tertiary/aromatic N) is 2. The van der Waals surface area contributed by atoms with Crippen LogP contribution in [0.15, 0.2) is 45.9 Å².